The van der Waals surface area contributed by atoms with Crippen molar-refractivity contribution in [3.63, 3.8) is 0 Å². The van der Waals surface area contributed by atoms with Gasteiger partial charge < -0.3 is 9.84 Å². The van der Waals surface area contributed by atoms with E-state index in [4.69, 9.17) is 4.52 Å². The predicted octanol–water partition coefficient (Wildman–Crippen LogP) is 4.82. The maximum Gasteiger partial charge on any atom is 0.230 e. The molecule has 0 aliphatic rings. The number of anilines is 1. The summed E-state index contributed by atoms with van der Waals surface area (Å²) in [6.45, 7) is 6.11. The molecular weight excluding hydrogens is 312 g/mol. The Labute approximate surface area is 147 Å². The lowest BCUT2D eigenvalue weighted by atomic mass is 9.93. The van der Waals surface area contributed by atoms with Crippen LogP contribution in [0.15, 0.2) is 65.2 Å². The third-order valence-electron chi connectivity index (χ3n) is 3.94. The zero-order valence-corrected chi connectivity index (χ0v) is 14.7. The van der Waals surface area contributed by atoms with E-state index >= 15 is 0 Å². The van der Waals surface area contributed by atoms with Crippen LogP contribution in [0.1, 0.15) is 32.1 Å². The van der Waals surface area contributed by atoms with E-state index < -0.39 is 0 Å². The largest absolute Gasteiger partial charge is 0.359 e. The molecule has 0 spiro atoms. The Kier molecular flexibility index (Phi) is 4.70. The molecule has 2 aromatic carbocycles. The van der Waals surface area contributed by atoms with Crippen LogP contribution in [0.2, 0.25) is 0 Å². The number of nitrogens with one attached hydrogen (secondary N) is 1. The van der Waals surface area contributed by atoms with Crippen LogP contribution in [0, 0.1) is 0 Å². The molecule has 4 heteroatoms. The van der Waals surface area contributed by atoms with Crippen molar-refractivity contribution in [2.45, 2.75) is 32.6 Å². The van der Waals surface area contributed by atoms with Gasteiger partial charge in [0.05, 0.1) is 6.42 Å². The second kappa shape index (κ2) is 6.93. The minimum Gasteiger partial charge on any atom is -0.359 e. The molecule has 4 nitrogen and oxygen atoms in total. The summed E-state index contributed by atoms with van der Waals surface area (Å²) in [5.74, 6) is 1.09. The van der Waals surface area contributed by atoms with Gasteiger partial charge in [0.2, 0.25) is 5.91 Å². The van der Waals surface area contributed by atoms with Crippen molar-refractivity contribution in [2.24, 2.45) is 0 Å². The Balaban J connectivity index is 1.62. The smallest absolute Gasteiger partial charge is 0.230 e. The highest BCUT2D eigenvalue weighted by atomic mass is 16.5. The quantitative estimate of drug-likeness (QED) is 0.744. The van der Waals surface area contributed by atoms with E-state index in [1.165, 1.54) is 0 Å². The Bertz CT molecular complexity index is 844. The van der Waals surface area contributed by atoms with Crippen LogP contribution in [-0.4, -0.2) is 11.1 Å². The second-order valence-corrected chi connectivity index (χ2v) is 7.11. The molecule has 1 aromatic heterocycles. The van der Waals surface area contributed by atoms with E-state index in [0.29, 0.717) is 12.2 Å². The van der Waals surface area contributed by atoms with Gasteiger partial charge in [0.25, 0.3) is 0 Å². The fourth-order valence-electron chi connectivity index (χ4n) is 2.51. The highest BCUT2D eigenvalue weighted by Crippen LogP contribution is 2.24. The number of carbonyl (C=O) groups is 1. The molecular formula is C21H22N2O2. The molecule has 0 radical (unpaired) electrons. The highest BCUT2D eigenvalue weighted by Gasteiger charge is 2.20. The third kappa shape index (κ3) is 4.35. The summed E-state index contributed by atoms with van der Waals surface area (Å²) in [6, 6.07) is 20.0. The minimum absolute atomic E-state index is 0.110. The van der Waals surface area contributed by atoms with Crippen molar-refractivity contribution in [2.75, 3.05) is 5.32 Å². The highest BCUT2D eigenvalue weighted by molar-refractivity contribution is 5.91. The van der Waals surface area contributed by atoms with Gasteiger partial charge in [-0.15, -0.1) is 0 Å². The normalized spacial score (nSPS) is 11.3. The van der Waals surface area contributed by atoms with Crippen LogP contribution < -0.4 is 5.32 Å². The van der Waals surface area contributed by atoms with Gasteiger partial charge in [-0.1, -0.05) is 80.5 Å². The molecule has 25 heavy (non-hydrogen) atoms. The molecule has 128 valence electrons. The first-order valence-electron chi connectivity index (χ1n) is 8.33. The fourth-order valence-corrected chi connectivity index (χ4v) is 2.51. The lowest BCUT2D eigenvalue weighted by Crippen LogP contribution is -2.14. The SMILES string of the molecule is CC(C)(C)c1cc(NC(=O)Cc2ccc(-c3ccccc3)cc2)no1. The molecule has 3 aromatic rings. The van der Waals surface area contributed by atoms with Crippen molar-refractivity contribution in [1.29, 1.82) is 0 Å². The van der Waals surface area contributed by atoms with E-state index in [1.54, 1.807) is 6.07 Å². The van der Waals surface area contributed by atoms with Crippen LogP contribution >= 0.6 is 0 Å². The standard InChI is InChI=1S/C21H22N2O2/c1-21(2,3)18-14-19(23-25-18)22-20(24)13-15-9-11-17(12-10-15)16-7-5-4-6-8-16/h4-12,14H,13H2,1-3H3,(H,22,23,24). The first kappa shape index (κ1) is 17.0. The van der Waals surface area contributed by atoms with E-state index in [0.717, 1.165) is 22.5 Å². The van der Waals surface area contributed by atoms with Gasteiger partial charge in [0.15, 0.2) is 5.82 Å². The van der Waals surface area contributed by atoms with E-state index in [9.17, 15) is 4.79 Å². The number of aromatic nitrogens is 1. The van der Waals surface area contributed by atoms with Gasteiger partial charge in [-0.05, 0) is 16.7 Å². The summed E-state index contributed by atoms with van der Waals surface area (Å²) < 4.78 is 5.28. The Morgan fingerprint density at radius 2 is 1.64 bits per heavy atom. The van der Waals surface area contributed by atoms with Gasteiger partial charge >= 0.3 is 0 Å². The summed E-state index contributed by atoms with van der Waals surface area (Å²) in [5, 5.41) is 6.70. The van der Waals surface area contributed by atoms with E-state index in [2.05, 4.69) is 22.6 Å². The third-order valence-corrected chi connectivity index (χ3v) is 3.94. The van der Waals surface area contributed by atoms with Crippen molar-refractivity contribution in [3.8, 4) is 11.1 Å². The van der Waals surface area contributed by atoms with E-state index in [-0.39, 0.29) is 11.3 Å². The number of hydrogen-bond acceptors (Lipinski definition) is 3. The molecule has 0 saturated carbocycles. The Morgan fingerprint density at radius 3 is 2.24 bits per heavy atom. The van der Waals surface area contributed by atoms with Gasteiger partial charge in [-0.3, -0.25) is 4.79 Å². The van der Waals surface area contributed by atoms with Crippen LogP contribution in [0.3, 0.4) is 0 Å². The zero-order valence-electron chi connectivity index (χ0n) is 14.7. The fraction of sp³-hybridized carbons (Fsp3) is 0.238. The van der Waals surface area contributed by atoms with Gasteiger partial charge in [0.1, 0.15) is 5.76 Å². The van der Waals surface area contributed by atoms with Crippen molar-refractivity contribution < 1.29 is 9.32 Å². The zero-order chi connectivity index (χ0) is 17.9. The first-order valence-corrected chi connectivity index (χ1v) is 8.33. The van der Waals surface area contributed by atoms with Gasteiger partial charge in [-0.25, -0.2) is 0 Å². The summed E-state index contributed by atoms with van der Waals surface area (Å²) in [7, 11) is 0. The lowest BCUT2D eigenvalue weighted by Gasteiger charge is -2.12. The maximum atomic E-state index is 12.2. The average molecular weight is 334 g/mol. The molecule has 0 saturated heterocycles. The minimum atomic E-state index is -0.136. The lowest BCUT2D eigenvalue weighted by molar-refractivity contribution is -0.115. The van der Waals surface area contributed by atoms with Crippen LogP contribution in [-0.2, 0) is 16.6 Å². The van der Waals surface area contributed by atoms with Crippen LogP contribution in [0.5, 0.6) is 0 Å². The average Bonchev–Trinajstić information content (AvgIpc) is 3.05. The summed E-state index contributed by atoms with van der Waals surface area (Å²) in [4.78, 5) is 12.2. The predicted molar refractivity (Wildman–Crippen MR) is 99.4 cm³/mol. The van der Waals surface area contributed by atoms with E-state index in [1.807, 2.05) is 63.2 Å². The molecule has 0 bridgehead atoms. The maximum absolute atomic E-state index is 12.2. The van der Waals surface area contributed by atoms with Crippen molar-refractivity contribution in [3.05, 3.63) is 72.0 Å². The molecule has 0 atom stereocenters. The number of nitrogens with zero attached hydrogens (tertiary/aromatic N) is 1. The molecule has 3 rings (SSSR count). The number of carbonyl (C=O) groups excluding carboxylic acids is 1. The molecule has 1 amide bonds. The molecule has 1 heterocycles. The first-order chi connectivity index (χ1) is 11.9. The molecule has 0 aliphatic heterocycles. The Morgan fingerprint density at radius 1 is 1.00 bits per heavy atom. The van der Waals surface area contributed by atoms with Crippen molar-refractivity contribution in [1.82, 2.24) is 5.16 Å². The monoisotopic (exact) mass is 334 g/mol. The molecule has 1 N–H and O–H groups in total. The summed E-state index contributed by atoms with van der Waals surface area (Å²) in [5.41, 5.74) is 3.12. The molecule has 0 aliphatic carbocycles. The topological polar surface area (TPSA) is 55.1 Å². The summed E-state index contributed by atoms with van der Waals surface area (Å²) in [6.07, 6.45) is 0.298. The molecule has 0 unspecified atom stereocenters. The number of rotatable bonds is 4. The van der Waals surface area contributed by atoms with Gasteiger partial charge in [-0.2, -0.15) is 0 Å². The number of amides is 1. The summed E-state index contributed by atoms with van der Waals surface area (Å²) >= 11 is 0. The second-order valence-electron chi connectivity index (χ2n) is 7.11. The molecule has 0 fully saturated rings. The van der Waals surface area contributed by atoms with Crippen molar-refractivity contribution >= 4 is 11.7 Å². The Hall–Kier alpha value is -2.88. The number of benzene rings is 2. The van der Waals surface area contributed by atoms with Crippen LogP contribution in [0.4, 0.5) is 5.82 Å². The van der Waals surface area contributed by atoms with Gasteiger partial charge in [0, 0.05) is 11.5 Å². The number of hydrogen-bond donors (Lipinski definition) is 1. The van der Waals surface area contributed by atoms with Crippen LogP contribution in [0.25, 0.3) is 11.1 Å².